The zero-order valence-corrected chi connectivity index (χ0v) is 16.0. The Morgan fingerprint density at radius 1 is 1.07 bits per heavy atom. The van der Waals surface area contributed by atoms with E-state index in [1.165, 1.54) is 40.7 Å². The minimum atomic E-state index is -3.53. The van der Waals surface area contributed by atoms with Gasteiger partial charge in [0.2, 0.25) is 10.0 Å². The van der Waals surface area contributed by atoms with E-state index >= 15 is 0 Å². The van der Waals surface area contributed by atoms with E-state index in [0.717, 1.165) is 5.56 Å². The maximum absolute atomic E-state index is 12.8. The van der Waals surface area contributed by atoms with Crippen LogP contribution in [0, 0.1) is 5.82 Å². The molecule has 1 saturated heterocycles. The number of ether oxygens (including phenoxy) is 2. The average Bonchev–Trinajstić information content (AvgIpc) is 2.73. The van der Waals surface area contributed by atoms with E-state index in [4.69, 9.17) is 9.47 Å². The summed E-state index contributed by atoms with van der Waals surface area (Å²) in [5.41, 5.74) is 0.760. The summed E-state index contributed by atoms with van der Waals surface area (Å²) in [6.45, 7) is 1.51. The molecule has 0 spiro atoms. The lowest BCUT2D eigenvalue weighted by Gasteiger charge is -2.26. The Balaban J connectivity index is 1.49. The number of benzene rings is 2. The summed E-state index contributed by atoms with van der Waals surface area (Å²) in [7, 11) is -3.53. The van der Waals surface area contributed by atoms with Crippen LogP contribution in [0.2, 0.25) is 0 Å². The first-order valence-electron chi connectivity index (χ1n) is 8.77. The van der Waals surface area contributed by atoms with E-state index in [1.54, 1.807) is 12.1 Å². The number of amides is 1. The fraction of sp³-hybridized carbons (Fsp3) is 0.316. The summed E-state index contributed by atoms with van der Waals surface area (Å²) >= 11 is 0. The Kier molecular flexibility index (Phi) is 6.61. The normalized spacial score (nSPS) is 15.2. The van der Waals surface area contributed by atoms with Crippen LogP contribution in [0.1, 0.15) is 5.56 Å². The van der Waals surface area contributed by atoms with Gasteiger partial charge in [0.1, 0.15) is 11.6 Å². The second-order valence-electron chi connectivity index (χ2n) is 6.18. The molecule has 0 aliphatic carbocycles. The topological polar surface area (TPSA) is 84.9 Å². The van der Waals surface area contributed by atoms with Gasteiger partial charge in [0.25, 0.3) is 5.91 Å². The molecule has 150 valence electrons. The van der Waals surface area contributed by atoms with E-state index in [1.807, 2.05) is 0 Å². The number of rotatable bonds is 7. The van der Waals surface area contributed by atoms with Crippen molar-refractivity contribution in [3.05, 3.63) is 59.9 Å². The maximum atomic E-state index is 12.8. The zero-order valence-electron chi connectivity index (χ0n) is 15.1. The van der Waals surface area contributed by atoms with E-state index < -0.39 is 10.0 Å². The Bertz CT molecular complexity index is 895. The highest BCUT2D eigenvalue weighted by Crippen LogP contribution is 2.17. The lowest BCUT2D eigenvalue weighted by Crippen LogP contribution is -2.40. The number of sulfonamides is 1. The van der Waals surface area contributed by atoms with Gasteiger partial charge in [-0.2, -0.15) is 4.31 Å². The number of morpholine rings is 1. The standard InChI is InChI=1S/C19H21FN2O5S/c20-16-3-5-17(6-4-16)27-14-19(23)21-13-15-1-7-18(8-2-15)28(24,25)22-9-11-26-12-10-22/h1-8H,9-14H2,(H,21,23). The minimum Gasteiger partial charge on any atom is -0.484 e. The summed E-state index contributed by atoms with van der Waals surface area (Å²) < 4.78 is 49.8. The molecule has 9 heteroatoms. The fourth-order valence-electron chi connectivity index (χ4n) is 2.65. The summed E-state index contributed by atoms with van der Waals surface area (Å²) in [6.07, 6.45) is 0. The second-order valence-corrected chi connectivity index (χ2v) is 8.12. The Morgan fingerprint density at radius 3 is 2.36 bits per heavy atom. The first-order chi connectivity index (χ1) is 13.4. The van der Waals surface area contributed by atoms with E-state index in [9.17, 15) is 17.6 Å². The number of hydrogen-bond acceptors (Lipinski definition) is 5. The van der Waals surface area contributed by atoms with Crippen LogP contribution in [0.4, 0.5) is 4.39 Å². The quantitative estimate of drug-likeness (QED) is 0.751. The van der Waals surface area contributed by atoms with Crippen molar-refractivity contribution in [2.45, 2.75) is 11.4 Å². The highest BCUT2D eigenvalue weighted by Gasteiger charge is 2.26. The highest BCUT2D eigenvalue weighted by molar-refractivity contribution is 7.89. The van der Waals surface area contributed by atoms with E-state index in [2.05, 4.69) is 5.32 Å². The molecule has 0 atom stereocenters. The van der Waals surface area contributed by atoms with Crippen molar-refractivity contribution in [1.29, 1.82) is 0 Å². The van der Waals surface area contributed by atoms with Gasteiger partial charge in [0.05, 0.1) is 18.1 Å². The molecule has 1 aliphatic heterocycles. The molecule has 2 aromatic carbocycles. The van der Waals surface area contributed by atoms with Gasteiger partial charge in [-0.15, -0.1) is 0 Å². The molecular weight excluding hydrogens is 387 g/mol. The van der Waals surface area contributed by atoms with Gasteiger partial charge in [0, 0.05) is 19.6 Å². The number of carbonyl (C=O) groups is 1. The van der Waals surface area contributed by atoms with Gasteiger partial charge >= 0.3 is 0 Å². The van der Waals surface area contributed by atoms with Gasteiger partial charge in [0.15, 0.2) is 6.61 Å². The monoisotopic (exact) mass is 408 g/mol. The van der Waals surface area contributed by atoms with Crippen molar-refractivity contribution < 1.29 is 27.1 Å². The molecule has 0 saturated carbocycles. The number of carbonyl (C=O) groups excluding carboxylic acids is 1. The summed E-state index contributed by atoms with van der Waals surface area (Å²) in [4.78, 5) is 12.1. The summed E-state index contributed by atoms with van der Waals surface area (Å²) in [5, 5.41) is 2.69. The molecule has 0 aromatic heterocycles. The third-order valence-corrected chi connectivity index (χ3v) is 6.12. The van der Waals surface area contributed by atoms with Crippen LogP contribution in [0.5, 0.6) is 5.75 Å². The summed E-state index contributed by atoms with van der Waals surface area (Å²) in [5.74, 6) is -0.320. The number of nitrogens with one attached hydrogen (secondary N) is 1. The molecule has 28 heavy (non-hydrogen) atoms. The molecular formula is C19H21FN2O5S. The highest BCUT2D eigenvalue weighted by atomic mass is 32.2. The minimum absolute atomic E-state index is 0.199. The number of hydrogen-bond donors (Lipinski definition) is 1. The van der Waals surface area contributed by atoms with Crippen LogP contribution >= 0.6 is 0 Å². The largest absolute Gasteiger partial charge is 0.484 e. The van der Waals surface area contributed by atoms with Crippen molar-refractivity contribution in [2.24, 2.45) is 0 Å². The van der Waals surface area contributed by atoms with Crippen molar-refractivity contribution in [1.82, 2.24) is 9.62 Å². The molecule has 1 N–H and O–H groups in total. The predicted molar refractivity (Wildman–Crippen MR) is 99.8 cm³/mol. The first kappa shape index (κ1) is 20.2. The number of halogens is 1. The molecule has 3 rings (SSSR count). The molecule has 1 amide bonds. The van der Waals surface area contributed by atoms with Gasteiger partial charge in [-0.1, -0.05) is 12.1 Å². The maximum Gasteiger partial charge on any atom is 0.258 e. The fourth-order valence-corrected chi connectivity index (χ4v) is 4.05. The Morgan fingerprint density at radius 2 is 1.71 bits per heavy atom. The van der Waals surface area contributed by atoms with Gasteiger partial charge in [-0.3, -0.25) is 4.79 Å². The molecule has 2 aromatic rings. The molecule has 0 bridgehead atoms. The molecule has 0 radical (unpaired) electrons. The van der Waals surface area contributed by atoms with Crippen molar-refractivity contribution in [3.8, 4) is 5.75 Å². The Hall–Kier alpha value is -2.49. The summed E-state index contributed by atoms with van der Waals surface area (Å²) in [6, 6.07) is 11.8. The van der Waals surface area contributed by atoms with Crippen LogP contribution in [0.3, 0.4) is 0 Å². The molecule has 7 nitrogen and oxygen atoms in total. The van der Waals surface area contributed by atoms with Gasteiger partial charge in [-0.05, 0) is 42.0 Å². The van der Waals surface area contributed by atoms with Gasteiger partial charge in [-0.25, -0.2) is 12.8 Å². The third-order valence-electron chi connectivity index (χ3n) is 4.20. The van der Waals surface area contributed by atoms with Crippen LogP contribution in [-0.4, -0.2) is 51.5 Å². The zero-order chi connectivity index (χ0) is 20.0. The average molecular weight is 408 g/mol. The SMILES string of the molecule is O=C(COc1ccc(F)cc1)NCc1ccc(S(=O)(=O)N2CCOCC2)cc1. The van der Waals surface area contributed by atoms with Crippen LogP contribution in [0.15, 0.2) is 53.4 Å². The van der Waals surface area contributed by atoms with Crippen molar-refractivity contribution in [3.63, 3.8) is 0 Å². The number of nitrogens with zero attached hydrogens (tertiary/aromatic N) is 1. The van der Waals surface area contributed by atoms with Gasteiger partial charge < -0.3 is 14.8 Å². The second kappa shape index (κ2) is 9.13. The lowest BCUT2D eigenvalue weighted by molar-refractivity contribution is -0.123. The van der Waals surface area contributed by atoms with Crippen LogP contribution in [-0.2, 0) is 26.1 Å². The molecule has 1 fully saturated rings. The van der Waals surface area contributed by atoms with Crippen molar-refractivity contribution in [2.75, 3.05) is 32.9 Å². The van der Waals surface area contributed by atoms with E-state index in [0.29, 0.717) is 32.1 Å². The lowest BCUT2D eigenvalue weighted by atomic mass is 10.2. The molecule has 1 heterocycles. The van der Waals surface area contributed by atoms with Crippen LogP contribution < -0.4 is 10.1 Å². The van der Waals surface area contributed by atoms with Crippen molar-refractivity contribution >= 4 is 15.9 Å². The first-order valence-corrected chi connectivity index (χ1v) is 10.2. The third kappa shape index (κ3) is 5.28. The molecule has 0 unspecified atom stereocenters. The molecule has 1 aliphatic rings. The smallest absolute Gasteiger partial charge is 0.258 e. The van der Waals surface area contributed by atoms with E-state index in [-0.39, 0.29) is 29.8 Å². The predicted octanol–water partition coefficient (Wildman–Crippen LogP) is 1.54. The Labute approximate surface area is 163 Å². The van der Waals surface area contributed by atoms with Crippen LogP contribution in [0.25, 0.3) is 0 Å².